The Labute approximate surface area is 52.3 Å². The Morgan fingerprint density at radius 3 is 3.11 bits per heavy atom. The molecule has 3 N–H and O–H groups in total. The van der Waals surface area contributed by atoms with Crippen LogP contribution in [0.5, 0.6) is 0 Å². The molecule has 0 saturated carbocycles. The number of nitrogens with zero attached hydrogens (tertiary/aromatic N) is 1. The Hall–Kier alpha value is -0.870. The topological polar surface area (TPSA) is 72.3 Å². The summed E-state index contributed by atoms with van der Waals surface area (Å²) in [5.74, 6) is 0. The molecule has 4 heteroatoms. The van der Waals surface area contributed by atoms with Gasteiger partial charge in [0, 0.05) is 12.6 Å². The van der Waals surface area contributed by atoms with Crippen molar-refractivity contribution in [1.82, 2.24) is 5.16 Å². The van der Waals surface area contributed by atoms with Crippen molar-refractivity contribution in [3.63, 3.8) is 0 Å². The zero-order valence-corrected chi connectivity index (χ0v) is 4.82. The summed E-state index contributed by atoms with van der Waals surface area (Å²) in [5, 5.41) is 12.5. The Bertz CT molecular complexity index is 161. The van der Waals surface area contributed by atoms with Crippen molar-refractivity contribution in [2.75, 3.05) is 6.54 Å². The summed E-state index contributed by atoms with van der Waals surface area (Å²) in [6.07, 6.45) is 0.706. The van der Waals surface area contributed by atoms with Gasteiger partial charge in [-0.3, -0.25) is 0 Å². The first-order valence-electron chi connectivity index (χ1n) is 2.63. The molecular weight excluding hydrogens is 120 g/mol. The van der Waals surface area contributed by atoms with Gasteiger partial charge in [0.25, 0.3) is 0 Å². The van der Waals surface area contributed by atoms with Crippen LogP contribution in [0.1, 0.15) is 11.8 Å². The van der Waals surface area contributed by atoms with Crippen LogP contribution in [0.4, 0.5) is 0 Å². The molecule has 4 nitrogen and oxygen atoms in total. The first-order chi connectivity index (χ1) is 4.34. The maximum atomic E-state index is 8.97. The molecule has 50 valence electrons. The molecule has 0 aliphatic heterocycles. The lowest BCUT2D eigenvalue weighted by atomic mass is 10.3. The Balaban J connectivity index is 2.65. The van der Waals surface area contributed by atoms with Crippen molar-refractivity contribution in [3.05, 3.63) is 18.0 Å². The van der Waals surface area contributed by atoms with Gasteiger partial charge < -0.3 is 15.4 Å². The van der Waals surface area contributed by atoms with Crippen molar-refractivity contribution in [2.24, 2.45) is 5.73 Å². The van der Waals surface area contributed by atoms with E-state index in [0.29, 0.717) is 5.69 Å². The van der Waals surface area contributed by atoms with E-state index in [1.165, 1.54) is 6.26 Å². The van der Waals surface area contributed by atoms with Crippen molar-refractivity contribution >= 4 is 0 Å². The second-order valence-electron chi connectivity index (χ2n) is 1.68. The summed E-state index contributed by atoms with van der Waals surface area (Å²) >= 11 is 0. The summed E-state index contributed by atoms with van der Waals surface area (Å²) in [7, 11) is 0. The largest absolute Gasteiger partial charge is 0.385 e. The number of nitrogens with two attached hydrogens (primary N) is 1. The third-order valence-corrected chi connectivity index (χ3v) is 1.02. The highest BCUT2D eigenvalue weighted by atomic mass is 16.5. The molecule has 0 amide bonds. The van der Waals surface area contributed by atoms with Gasteiger partial charge in [-0.2, -0.15) is 0 Å². The second-order valence-corrected chi connectivity index (χ2v) is 1.68. The highest BCUT2D eigenvalue weighted by Crippen LogP contribution is 2.05. The first kappa shape index (κ1) is 6.25. The van der Waals surface area contributed by atoms with E-state index in [0.717, 1.165) is 0 Å². The minimum absolute atomic E-state index is 0.173. The fourth-order valence-corrected chi connectivity index (χ4v) is 0.515. The molecule has 9 heavy (non-hydrogen) atoms. The molecular formula is C5H8N2O2. The summed E-state index contributed by atoms with van der Waals surface area (Å²) < 4.78 is 4.47. The van der Waals surface area contributed by atoms with Crippen molar-refractivity contribution in [3.8, 4) is 0 Å². The molecule has 0 unspecified atom stereocenters. The van der Waals surface area contributed by atoms with Gasteiger partial charge in [-0.05, 0) is 0 Å². The first-order valence-corrected chi connectivity index (χ1v) is 2.63. The maximum absolute atomic E-state index is 8.97. The Kier molecular flexibility index (Phi) is 1.81. The van der Waals surface area contributed by atoms with Gasteiger partial charge in [-0.15, -0.1) is 0 Å². The molecule has 0 bridgehead atoms. The molecule has 0 fully saturated rings. The number of hydrogen-bond acceptors (Lipinski definition) is 4. The monoisotopic (exact) mass is 128 g/mol. The molecule has 0 saturated heterocycles. The molecule has 0 spiro atoms. The lowest BCUT2D eigenvalue weighted by Gasteiger charge is -1.99. The van der Waals surface area contributed by atoms with E-state index in [1.807, 2.05) is 0 Å². The lowest BCUT2D eigenvalue weighted by molar-refractivity contribution is 0.176. The zero-order valence-electron chi connectivity index (χ0n) is 4.82. The van der Waals surface area contributed by atoms with Crippen LogP contribution in [0.3, 0.4) is 0 Å². The third kappa shape index (κ3) is 1.28. The van der Waals surface area contributed by atoms with Gasteiger partial charge in [0.1, 0.15) is 18.1 Å². The number of aliphatic hydroxyl groups is 1. The summed E-state index contributed by atoms with van der Waals surface area (Å²) in [5.41, 5.74) is 5.62. The van der Waals surface area contributed by atoms with Gasteiger partial charge in [0.05, 0.1) is 0 Å². The van der Waals surface area contributed by atoms with Gasteiger partial charge in [-0.1, -0.05) is 5.16 Å². The van der Waals surface area contributed by atoms with Crippen LogP contribution in [0.2, 0.25) is 0 Å². The maximum Gasteiger partial charge on any atom is 0.124 e. The average Bonchev–Trinajstić information content (AvgIpc) is 2.37. The molecule has 1 atom stereocenters. The SMILES string of the molecule is NC[C@@H](O)c1ccon1. The average molecular weight is 128 g/mol. The van der Waals surface area contributed by atoms with Gasteiger partial charge in [-0.25, -0.2) is 0 Å². The smallest absolute Gasteiger partial charge is 0.124 e. The van der Waals surface area contributed by atoms with E-state index in [1.54, 1.807) is 6.07 Å². The second kappa shape index (κ2) is 2.61. The van der Waals surface area contributed by atoms with Crippen molar-refractivity contribution in [1.29, 1.82) is 0 Å². The number of hydrogen-bond donors (Lipinski definition) is 2. The van der Waals surface area contributed by atoms with Crippen molar-refractivity contribution in [2.45, 2.75) is 6.10 Å². The van der Waals surface area contributed by atoms with E-state index in [-0.39, 0.29) is 6.54 Å². The van der Waals surface area contributed by atoms with Gasteiger partial charge in [0.15, 0.2) is 0 Å². The normalized spacial score (nSPS) is 13.6. The fourth-order valence-electron chi connectivity index (χ4n) is 0.515. The molecule has 1 rings (SSSR count). The number of aliphatic hydroxyl groups excluding tert-OH is 1. The minimum Gasteiger partial charge on any atom is -0.385 e. The van der Waals surface area contributed by atoms with Crippen molar-refractivity contribution < 1.29 is 9.63 Å². The molecule has 1 aromatic rings. The summed E-state index contributed by atoms with van der Waals surface area (Å²) in [6, 6.07) is 1.58. The van der Waals surface area contributed by atoms with Crippen LogP contribution >= 0.6 is 0 Å². The highest BCUT2D eigenvalue weighted by Gasteiger charge is 2.06. The van der Waals surface area contributed by atoms with Gasteiger partial charge in [0.2, 0.25) is 0 Å². The highest BCUT2D eigenvalue weighted by molar-refractivity contribution is 4.99. The molecule has 0 aliphatic carbocycles. The summed E-state index contributed by atoms with van der Waals surface area (Å²) in [6.45, 7) is 0.173. The zero-order chi connectivity index (χ0) is 6.69. The molecule has 0 aliphatic rings. The van der Waals surface area contributed by atoms with E-state index in [4.69, 9.17) is 10.8 Å². The predicted molar refractivity (Wildman–Crippen MR) is 30.5 cm³/mol. The van der Waals surface area contributed by atoms with Gasteiger partial charge >= 0.3 is 0 Å². The van der Waals surface area contributed by atoms with E-state index in [9.17, 15) is 0 Å². The Morgan fingerprint density at radius 1 is 1.89 bits per heavy atom. The van der Waals surface area contributed by atoms with Crippen LogP contribution in [0, 0.1) is 0 Å². The Morgan fingerprint density at radius 2 is 2.67 bits per heavy atom. The van der Waals surface area contributed by atoms with E-state index < -0.39 is 6.10 Å². The van der Waals surface area contributed by atoms with Crippen LogP contribution in [-0.2, 0) is 0 Å². The van der Waals surface area contributed by atoms with Crippen LogP contribution < -0.4 is 5.73 Å². The standard InChI is InChI=1S/C5H8N2O2/c6-3-5(8)4-1-2-9-7-4/h1-2,5,8H,3,6H2/t5-/m1/s1. The van der Waals surface area contributed by atoms with E-state index in [2.05, 4.69) is 9.68 Å². The molecule has 0 aromatic carbocycles. The fraction of sp³-hybridized carbons (Fsp3) is 0.400. The molecule has 0 radical (unpaired) electrons. The van der Waals surface area contributed by atoms with Crippen LogP contribution in [0.15, 0.2) is 16.9 Å². The minimum atomic E-state index is -0.691. The summed E-state index contributed by atoms with van der Waals surface area (Å²) in [4.78, 5) is 0. The molecule has 1 aromatic heterocycles. The molecule has 1 heterocycles. The third-order valence-electron chi connectivity index (χ3n) is 1.02. The van der Waals surface area contributed by atoms with Crippen LogP contribution in [0.25, 0.3) is 0 Å². The quantitative estimate of drug-likeness (QED) is 0.571. The van der Waals surface area contributed by atoms with E-state index >= 15 is 0 Å². The number of rotatable bonds is 2. The lowest BCUT2D eigenvalue weighted by Crippen LogP contribution is -2.11. The predicted octanol–water partition coefficient (Wildman–Crippen LogP) is -0.333. The number of aromatic nitrogens is 1. The van der Waals surface area contributed by atoms with Crippen LogP contribution in [-0.4, -0.2) is 16.8 Å².